The normalized spacial score (nSPS) is 15.7. The van der Waals surface area contributed by atoms with Crippen LogP contribution >= 0.6 is 0 Å². The maximum Gasteiger partial charge on any atom is 0.339 e. The summed E-state index contributed by atoms with van der Waals surface area (Å²) >= 11 is 0. The van der Waals surface area contributed by atoms with Crippen LogP contribution in [-0.4, -0.2) is 42.0 Å². The average molecular weight is 781 g/mol. The van der Waals surface area contributed by atoms with E-state index in [1.807, 2.05) is 24.3 Å². The molecule has 2 unspecified atom stereocenters. The Morgan fingerprint density at radius 2 is 1.00 bits per heavy atom. The number of H-pyrrole nitrogens is 2. The summed E-state index contributed by atoms with van der Waals surface area (Å²) in [6.45, 7) is 1.36. The number of ether oxygens (including phenoxy) is 2. The summed E-state index contributed by atoms with van der Waals surface area (Å²) in [6, 6.07) is 26.0. The van der Waals surface area contributed by atoms with Crippen molar-refractivity contribution in [2.24, 2.45) is 0 Å². The fourth-order valence-electron chi connectivity index (χ4n) is 7.98. The summed E-state index contributed by atoms with van der Waals surface area (Å²) in [5.41, 5.74) is 6.12. The number of aromatic hydroxyl groups is 2. The molecule has 0 saturated heterocycles. The number of phenolic OH excluding ortho intramolecular Hbond substituents is 2. The number of nitrogens with zero attached hydrogens (tertiary/aromatic N) is 2. The van der Waals surface area contributed by atoms with E-state index in [1.54, 1.807) is 24.3 Å². The van der Waals surface area contributed by atoms with Crippen molar-refractivity contribution in [1.29, 1.82) is 0 Å². The van der Waals surface area contributed by atoms with Gasteiger partial charge in [0.25, 0.3) is 11.4 Å². The fourth-order valence-corrected chi connectivity index (χ4v) is 7.98. The largest absolute Gasteiger partial charge is 0.508 e. The molecule has 2 aromatic heterocycles. The van der Waals surface area contributed by atoms with E-state index in [4.69, 9.17) is 9.47 Å². The number of esters is 2. The van der Waals surface area contributed by atoms with Gasteiger partial charge in [-0.1, -0.05) is 48.5 Å². The Morgan fingerprint density at radius 3 is 1.40 bits per heavy atom. The molecule has 0 spiro atoms. The molecule has 58 heavy (non-hydrogen) atoms. The first kappa shape index (κ1) is 36.1. The van der Waals surface area contributed by atoms with E-state index in [0.29, 0.717) is 79.7 Å². The Balaban J connectivity index is 0.912. The highest BCUT2D eigenvalue weighted by Crippen LogP contribution is 2.45. The highest BCUT2D eigenvalue weighted by molar-refractivity contribution is 5.99. The average Bonchev–Trinajstić information content (AvgIpc) is 3.94. The van der Waals surface area contributed by atoms with E-state index in [2.05, 4.69) is 20.6 Å². The van der Waals surface area contributed by atoms with Gasteiger partial charge >= 0.3 is 11.9 Å². The number of benzene rings is 5. The Labute approximate surface area is 327 Å². The highest BCUT2D eigenvalue weighted by Gasteiger charge is 2.38. The molecule has 16 nitrogen and oxygen atoms in total. The topological polar surface area (TPSA) is 235 Å². The molecule has 6 N–H and O–H groups in total. The van der Waals surface area contributed by atoms with Gasteiger partial charge in [-0.2, -0.15) is 0 Å². The number of rotatable bonds is 12. The first-order valence-electron chi connectivity index (χ1n) is 18.2. The lowest BCUT2D eigenvalue weighted by Crippen LogP contribution is -2.16. The van der Waals surface area contributed by atoms with Gasteiger partial charge in [-0.05, 0) is 47.5 Å². The number of carbonyl (C=O) groups excluding carboxylic acids is 2. The third kappa shape index (κ3) is 6.22. The molecule has 0 amide bonds. The minimum atomic E-state index is -0.887. The van der Waals surface area contributed by atoms with Crippen molar-refractivity contribution in [1.82, 2.24) is 20.6 Å². The van der Waals surface area contributed by atoms with Crippen LogP contribution in [0, 0.1) is 20.2 Å². The second-order valence-corrected chi connectivity index (χ2v) is 14.1. The van der Waals surface area contributed by atoms with Crippen LogP contribution in [0.2, 0.25) is 0 Å². The molecule has 2 aliphatic rings. The van der Waals surface area contributed by atoms with Crippen LogP contribution in [0.4, 0.5) is 11.4 Å². The highest BCUT2D eigenvalue weighted by atomic mass is 16.6. The smallest absolute Gasteiger partial charge is 0.339 e. The summed E-state index contributed by atoms with van der Waals surface area (Å²) in [6.07, 6.45) is -1.77. The van der Waals surface area contributed by atoms with E-state index in [9.17, 15) is 40.0 Å². The summed E-state index contributed by atoms with van der Waals surface area (Å²) in [4.78, 5) is 54.8. The first-order chi connectivity index (χ1) is 28.0. The lowest BCUT2D eigenvalue weighted by molar-refractivity contribution is -0.383. The maximum absolute atomic E-state index is 12.8. The molecule has 2 aliphatic heterocycles. The molecule has 0 radical (unpaired) electrons. The van der Waals surface area contributed by atoms with Crippen LogP contribution in [-0.2, 0) is 35.7 Å². The van der Waals surface area contributed by atoms with Gasteiger partial charge < -0.3 is 40.3 Å². The third-order valence-corrected chi connectivity index (χ3v) is 10.6. The monoisotopic (exact) mass is 780 g/mol. The van der Waals surface area contributed by atoms with Gasteiger partial charge in [0, 0.05) is 82.7 Å². The third-order valence-electron chi connectivity index (χ3n) is 10.6. The summed E-state index contributed by atoms with van der Waals surface area (Å²) < 4.78 is 11.5. The number of aromatic amines is 2. The van der Waals surface area contributed by atoms with Crippen molar-refractivity contribution in [3.8, 4) is 11.5 Å². The number of non-ortho nitro benzene ring substituents is 2. The van der Waals surface area contributed by atoms with Crippen LogP contribution in [0.15, 0.2) is 97.1 Å². The number of nitrogens with one attached hydrogen (secondary N) is 4. The number of cyclic esters (lactones) is 2. The number of hydrogen-bond acceptors (Lipinski definition) is 12. The van der Waals surface area contributed by atoms with Crippen molar-refractivity contribution in [2.45, 2.75) is 38.4 Å². The number of fused-ring (bicyclic) bond motifs is 4. The molecular weight excluding hydrogens is 748 g/mol. The van der Waals surface area contributed by atoms with Crippen molar-refractivity contribution < 1.29 is 39.1 Å². The van der Waals surface area contributed by atoms with E-state index in [1.165, 1.54) is 48.5 Å². The minimum Gasteiger partial charge on any atom is -0.508 e. The van der Waals surface area contributed by atoms with Crippen molar-refractivity contribution >= 4 is 45.1 Å². The van der Waals surface area contributed by atoms with Gasteiger partial charge in [0.1, 0.15) is 22.5 Å². The molecule has 0 aliphatic carbocycles. The molecular formula is C42H32N6O10. The minimum absolute atomic E-state index is 0.0375. The lowest BCUT2D eigenvalue weighted by Gasteiger charge is -2.14. The van der Waals surface area contributed by atoms with Crippen LogP contribution in [0.25, 0.3) is 21.8 Å². The number of phenols is 2. The SMILES string of the molecule is O=C1OC(c2c(CNCc3ccc(CNCc4[nH]c5c([N+](=O)[O-])cccc5c4C4OC(=O)c5ccc(O)cc54)cc3)[nH]c3c([N+](=O)[O-])cccc23)c2cc(O)ccc21. The van der Waals surface area contributed by atoms with Crippen LogP contribution in [0.3, 0.4) is 0 Å². The zero-order valence-corrected chi connectivity index (χ0v) is 30.3. The molecule has 2 atom stereocenters. The predicted octanol–water partition coefficient (Wildman–Crippen LogP) is 6.98. The van der Waals surface area contributed by atoms with Gasteiger partial charge in [0.2, 0.25) is 0 Å². The number of nitro benzene ring substituents is 2. The zero-order valence-electron chi connectivity index (χ0n) is 30.3. The fraction of sp³-hybridized carbons (Fsp3) is 0.143. The molecule has 5 aromatic carbocycles. The van der Waals surface area contributed by atoms with E-state index in [-0.39, 0.29) is 36.0 Å². The van der Waals surface area contributed by atoms with Crippen molar-refractivity contribution in [3.05, 3.63) is 173 Å². The summed E-state index contributed by atoms with van der Waals surface area (Å²) in [7, 11) is 0. The second kappa shape index (κ2) is 14.2. The summed E-state index contributed by atoms with van der Waals surface area (Å²) in [5, 5.41) is 52.1. The van der Waals surface area contributed by atoms with E-state index < -0.39 is 34.0 Å². The lowest BCUT2D eigenvalue weighted by atomic mass is 9.96. The van der Waals surface area contributed by atoms with Crippen LogP contribution < -0.4 is 10.6 Å². The molecule has 290 valence electrons. The molecule has 7 aromatic rings. The van der Waals surface area contributed by atoms with Gasteiger partial charge in [-0.25, -0.2) is 9.59 Å². The number of carbonyl (C=O) groups is 2. The maximum atomic E-state index is 12.8. The van der Waals surface area contributed by atoms with Crippen LogP contribution in [0.5, 0.6) is 11.5 Å². The van der Waals surface area contributed by atoms with E-state index >= 15 is 0 Å². The summed E-state index contributed by atoms with van der Waals surface area (Å²) in [5.74, 6) is -1.18. The molecule has 9 rings (SSSR count). The second-order valence-electron chi connectivity index (χ2n) is 14.1. The van der Waals surface area contributed by atoms with Crippen molar-refractivity contribution in [2.75, 3.05) is 0 Å². The Hall–Kier alpha value is -7.56. The van der Waals surface area contributed by atoms with Crippen LogP contribution in [0.1, 0.15) is 77.7 Å². The predicted molar refractivity (Wildman–Crippen MR) is 208 cm³/mol. The Bertz CT molecular complexity index is 2650. The molecule has 4 heterocycles. The molecule has 0 saturated carbocycles. The zero-order chi connectivity index (χ0) is 40.2. The quantitative estimate of drug-likeness (QED) is 0.0419. The van der Waals surface area contributed by atoms with Gasteiger partial charge in [-0.15, -0.1) is 0 Å². The number of para-hydroxylation sites is 2. The molecule has 16 heteroatoms. The first-order valence-corrected chi connectivity index (χ1v) is 18.2. The molecule has 0 bridgehead atoms. The Morgan fingerprint density at radius 1 is 0.586 bits per heavy atom. The molecule has 0 fully saturated rings. The van der Waals surface area contributed by atoms with Gasteiger partial charge in [-0.3, -0.25) is 20.2 Å². The van der Waals surface area contributed by atoms with E-state index in [0.717, 1.165) is 11.1 Å². The Kier molecular flexibility index (Phi) is 8.83. The van der Waals surface area contributed by atoms with Gasteiger partial charge in [0.05, 0.1) is 21.0 Å². The number of hydrogen-bond donors (Lipinski definition) is 6. The number of nitro groups is 2. The standard InChI is InChI=1S/C42H32N6O10/c49-23-11-13-25-29(15-23)39(57-41(25)51)35-27-3-1-5-33(47(53)54)37(27)45-31(35)19-43-17-21-7-9-22(10-8-21)18-44-20-32-36(28-4-2-6-34(48(55)56)38(28)46-32)40-30-16-24(50)12-14-26(30)42(52)58-40/h1-16,39-40,43-46,49-50H,17-20H2. The van der Waals surface area contributed by atoms with Gasteiger partial charge in [0.15, 0.2) is 12.2 Å². The van der Waals surface area contributed by atoms with Crippen molar-refractivity contribution in [3.63, 3.8) is 0 Å². The number of aromatic nitrogens is 2.